The first-order chi connectivity index (χ1) is 9.08. The molecule has 2 rings (SSSR count). The zero-order valence-corrected chi connectivity index (χ0v) is 11.1. The molecule has 19 heavy (non-hydrogen) atoms. The summed E-state index contributed by atoms with van der Waals surface area (Å²) in [5.74, 6) is 0.675. The van der Waals surface area contributed by atoms with Crippen LogP contribution in [0.15, 0.2) is 24.3 Å². The summed E-state index contributed by atoms with van der Waals surface area (Å²) in [6.45, 7) is 3.95. The van der Waals surface area contributed by atoms with Gasteiger partial charge in [0.15, 0.2) is 0 Å². The fourth-order valence-electron chi connectivity index (χ4n) is 2.05. The topological polar surface area (TPSA) is 70.2 Å². The average Bonchev–Trinajstić information content (AvgIpc) is 2.74. The van der Waals surface area contributed by atoms with Crippen molar-refractivity contribution in [2.24, 2.45) is 0 Å². The summed E-state index contributed by atoms with van der Waals surface area (Å²) < 4.78 is 7.05. The van der Waals surface area contributed by atoms with Crippen LogP contribution in [-0.4, -0.2) is 21.8 Å². The molecule has 0 radical (unpaired) electrons. The molecule has 100 valence electrons. The van der Waals surface area contributed by atoms with Gasteiger partial charge in [0, 0.05) is 17.7 Å². The molecule has 0 saturated heterocycles. The van der Waals surface area contributed by atoms with Crippen LogP contribution in [0.5, 0.6) is 5.88 Å². The first kappa shape index (κ1) is 13.1. The Balaban J connectivity index is 2.49. The van der Waals surface area contributed by atoms with Gasteiger partial charge in [-0.25, -0.2) is 4.68 Å². The van der Waals surface area contributed by atoms with Crippen molar-refractivity contribution in [3.63, 3.8) is 0 Å². The number of non-ortho nitro benzene ring substituents is 1. The fourth-order valence-corrected chi connectivity index (χ4v) is 2.05. The minimum Gasteiger partial charge on any atom is -0.481 e. The second-order valence-corrected chi connectivity index (χ2v) is 4.11. The lowest BCUT2D eigenvalue weighted by molar-refractivity contribution is -0.384. The highest BCUT2D eigenvalue weighted by Gasteiger charge is 2.16. The van der Waals surface area contributed by atoms with E-state index in [1.807, 2.05) is 13.8 Å². The SMILES string of the molecule is CCc1c(C)nn(-c2ccc([N+](=O)[O-])cc2)c1OC. The summed E-state index contributed by atoms with van der Waals surface area (Å²) in [5.41, 5.74) is 2.74. The van der Waals surface area contributed by atoms with Gasteiger partial charge in [-0.15, -0.1) is 0 Å². The van der Waals surface area contributed by atoms with E-state index in [4.69, 9.17) is 4.74 Å². The second-order valence-electron chi connectivity index (χ2n) is 4.11. The summed E-state index contributed by atoms with van der Waals surface area (Å²) in [7, 11) is 1.59. The molecule has 0 spiro atoms. The number of nitro groups is 1. The van der Waals surface area contributed by atoms with Crippen LogP contribution < -0.4 is 4.74 Å². The lowest BCUT2D eigenvalue weighted by Crippen LogP contribution is -2.01. The number of aryl methyl sites for hydroxylation is 1. The molecule has 0 atom stereocenters. The zero-order valence-electron chi connectivity index (χ0n) is 11.1. The summed E-state index contributed by atoms with van der Waals surface area (Å²) >= 11 is 0. The molecule has 0 unspecified atom stereocenters. The van der Waals surface area contributed by atoms with Crippen LogP contribution >= 0.6 is 0 Å². The summed E-state index contributed by atoms with van der Waals surface area (Å²) in [6, 6.07) is 6.23. The Bertz CT molecular complexity index is 602. The maximum absolute atomic E-state index is 10.6. The van der Waals surface area contributed by atoms with Gasteiger partial charge in [-0.1, -0.05) is 6.92 Å². The molecule has 0 N–H and O–H groups in total. The molecule has 0 aliphatic rings. The highest BCUT2D eigenvalue weighted by Crippen LogP contribution is 2.26. The Morgan fingerprint density at radius 2 is 2.00 bits per heavy atom. The number of hydrogen-bond donors (Lipinski definition) is 0. The first-order valence-corrected chi connectivity index (χ1v) is 5.95. The average molecular weight is 261 g/mol. The van der Waals surface area contributed by atoms with Crippen molar-refractivity contribution < 1.29 is 9.66 Å². The molecule has 1 heterocycles. The van der Waals surface area contributed by atoms with Crippen LogP contribution in [0, 0.1) is 17.0 Å². The van der Waals surface area contributed by atoms with Crippen molar-refractivity contribution in [2.75, 3.05) is 7.11 Å². The van der Waals surface area contributed by atoms with E-state index in [0.29, 0.717) is 5.88 Å². The number of nitro benzene ring substituents is 1. The van der Waals surface area contributed by atoms with Gasteiger partial charge in [-0.2, -0.15) is 5.10 Å². The van der Waals surface area contributed by atoms with E-state index in [2.05, 4.69) is 5.10 Å². The minimum absolute atomic E-state index is 0.0577. The first-order valence-electron chi connectivity index (χ1n) is 5.95. The van der Waals surface area contributed by atoms with Crippen molar-refractivity contribution >= 4 is 5.69 Å². The van der Waals surface area contributed by atoms with Gasteiger partial charge in [-0.3, -0.25) is 10.1 Å². The van der Waals surface area contributed by atoms with Crippen molar-refractivity contribution in [1.29, 1.82) is 0 Å². The third kappa shape index (κ3) is 2.29. The Morgan fingerprint density at radius 1 is 1.37 bits per heavy atom. The monoisotopic (exact) mass is 261 g/mol. The Labute approximate surface area is 110 Å². The van der Waals surface area contributed by atoms with E-state index in [0.717, 1.165) is 23.4 Å². The van der Waals surface area contributed by atoms with Crippen molar-refractivity contribution in [3.05, 3.63) is 45.6 Å². The molecule has 1 aromatic carbocycles. The number of nitrogens with zero attached hydrogens (tertiary/aromatic N) is 3. The maximum Gasteiger partial charge on any atom is 0.269 e. The Hall–Kier alpha value is -2.37. The van der Waals surface area contributed by atoms with E-state index in [1.54, 1.807) is 23.9 Å². The van der Waals surface area contributed by atoms with Crippen LogP contribution in [0.2, 0.25) is 0 Å². The van der Waals surface area contributed by atoms with Crippen molar-refractivity contribution in [2.45, 2.75) is 20.3 Å². The molecule has 0 saturated carbocycles. The van der Waals surface area contributed by atoms with Crippen LogP contribution in [-0.2, 0) is 6.42 Å². The smallest absolute Gasteiger partial charge is 0.269 e. The van der Waals surface area contributed by atoms with Crippen LogP contribution in [0.25, 0.3) is 5.69 Å². The van der Waals surface area contributed by atoms with Gasteiger partial charge in [-0.05, 0) is 25.5 Å². The van der Waals surface area contributed by atoms with Gasteiger partial charge in [0.05, 0.1) is 23.4 Å². The number of hydrogen-bond acceptors (Lipinski definition) is 4. The predicted molar refractivity (Wildman–Crippen MR) is 70.9 cm³/mol. The molecule has 0 aliphatic carbocycles. The summed E-state index contributed by atoms with van der Waals surface area (Å²) in [6.07, 6.45) is 0.821. The minimum atomic E-state index is -0.424. The highest BCUT2D eigenvalue weighted by atomic mass is 16.6. The molecule has 6 nitrogen and oxygen atoms in total. The van der Waals surface area contributed by atoms with Gasteiger partial charge < -0.3 is 4.74 Å². The van der Waals surface area contributed by atoms with E-state index in [1.165, 1.54) is 12.1 Å². The number of rotatable bonds is 4. The molecular formula is C13H15N3O3. The summed E-state index contributed by atoms with van der Waals surface area (Å²) in [4.78, 5) is 10.2. The molecule has 0 aliphatic heterocycles. The number of aromatic nitrogens is 2. The summed E-state index contributed by atoms with van der Waals surface area (Å²) in [5, 5.41) is 15.1. The number of ether oxygens (including phenoxy) is 1. The molecule has 0 amide bonds. The van der Waals surface area contributed by atoms with Gasteiger partial charge in [0.25, 0.3) is 5.69 Å². The van der Waals surface area contributed by atoms with E-state index < -0.39 is 4.92 Å². The Kier molecular flexibility index (Phi) is 3.50. The van der Waals surface area contributed by atoms with Gasteiger partial charge in [0.1, 0.15) is 0 Å². The molecular weight excluding hydrogens is 246 g/mol. The normalized spacial score (nSPS) is 10.5. The third-order valence-electron chi connectivity index (χ3n) is 2.99. The van der Waals surface area contributed by atoms with Gasteiger partial charge in [0.2, 0.25) is 5.88 Å². The molecule has 0 fully saturated rings. The number of benzene rings is 1. The predicted octanol–water partition coefficient (Wildman–Crippen LogP) is 2.66. The lowest BCUT2D eigenvalue weighted by atomic mass is 10.2. The van der Waals surface area contributed by atoms with E-state index in [-0.39, 0.29) is 5.69 Å². The molecule has 0 bridgehead atoms. The highest BCUT2D eigenvalue weighted by molar-refractivity contribution is 5.45. The Morgan fingerprint density at radius 3 is 2.47 bits per heavy atom. The van der Waals surface area contributed by atoms with Gasteiger partial charge >= 0.3 is 0 Å². The van der Waals surface area contributed by atoms with Crippen LogP contribution in [0.4, 0.5) is 5.69 Å². The van der Waals surface area contributed by atoms with Crippen molar-refractivity contribution in [1.82, 2.24) is 9.78 Å². The largest absolute Gasteiger partial charge is 0.481 e. The van der Waals surface area contributed by atoms with Crippen LogP contribution in [0.1, 0.15) is 18.2 Å². The lowest BCUT2D eigenvalue weighted by Gasteiger charge is -2.07. The maximum atomic E-state index is 10.6. The number of methoxy groups -OCH3 is 1. The zero-order chi connectivity index (χ0) is 14.0. The third-order valence-corrected chi connectivity index (χ3v) is 2.99. The van der Waals surface area contributed by atoms with E-state index in [9.17, 15) is 10.1 Å². The molecule has 1 aromatic heterocycles. The van der Waals surface area contributed by atoms with Crippen LogP contribution in [0.3, 0.4) is 0 Å². The van der Waals surface area contributed by atoms with E-state index >= 15 is 0 Å². The molecule has 2 aromatic rings. The quantitative estimate of drug-likeness (QED) is 0.626. The molecule has 6 heteroatoms. The fraction of sp³-hybridized carbons (Fsp3) is 0.308. The van der Waals surface area contributed by atoms with Crippen molar-refractivity contribution in [3.8, 4) is 11.6 Å². The standard InChI is InChI=1S/C13H15N3O3/c1-4-12-9(2)14-15(13(12)19-3)10-5-7-11(8-6-10)16(17)18/h5-8H,4H2,1-3H3. The second kappa shape index (κ2) is 5.09.